The number of hydrogen-bond acceptors (Lipinski definition) is 4. The van der Waals surface area contributed by atoms with Crippen LogP contribution in [0.25, 0.3) is 10.2 Å². The average molecular weight is 356 g/mol. The van der Waals surface area contributed by atoms with E-state index in [-0.39, 0.29) is 5.91 Å². The molecule has 2 aromatic carbocycles. The molecule has 0 unspecified atom stereocenters. The van der Waals surface area contributed by atoms with Gasteiger partial charge >= 0.3 is 0 Å². The van der Waals surface area contributed by atoms with Gasteiger partial charge in [0.25, 0.3) is 5.91 Å². The number of benzene rings is 2. The van der Waals surface area contributed by atoms with Crippen LogP contribution in [0.1, 0.15) is 23.7 Å². The maximum atomic E-state index is 12.7. The van der Waals surface area contributed by atoms with E-state index in [4.69, 9.17) is 9.47 Å². The van der Waals surface area contributed by atoms with Gasteiger partial charge < -0.3 is 14.0 Å². The number of aromatic nitrogens is 1. The molecule has 0 N–H and O–H groups in total. The van der Waals surface area contributed by atoms with E-state index in [1.165, 1.54) is 11.3 Å². The number of methoxy groups -OCH3 is 2. The summed E-state index contributed by atoms with van der Waals surface area (Å²) in [6, 6.07) is 13.0. The number of amides is 1. The van der Waals surface area contributed by atoms with E-state index in [0.717, 1.165) is 28.9 Å². The van der Waals surface area contributed by atoms with Crippen LogP contribution in [0.4, 0.5) is 0 Å². The molecule has 0 saturated carbocycles. The number of rotatable bonds is 5. The van der Waals surface area contributed by atoms with Gasteiger partial charge in [-0.15, -0.1) is 0 Å². The van der Waals surface area contributed by atoms with E-state index in [1.807, 2.05) is 24.3 Å². The van der Waals surface area contributed by atoms with Crippen molar-refractivity contribution >= 4 is 27.5 Å². The van der Waals surface area contributed by atoms with Gasteiger partial charge in [0.2, 0.25) is 0 Å². The van der Waals surface area contributed by atoms with E-state index < -0.39 is 0 Å². The number of carbonyl (C=O) groups excluding carboxylic acids is 1. The van der Waals surface area contributed by atoms with Crippen molar-refractivity contribution in [1.82, 2.24) is 4.57 Å². The Bertz CT molecular complexity index is 972. The summed E-state index contributed by atoms with van der Waals surface area (Å²) in [5.41, 5.74) is 1.49. The first-order valence-electron chi connectivity index (χ1n) is 8.07. The molecule has 0 bridgehead atoms. The van der Waals surface area contributed by atoms with Gasteiger partial charge in [0.05, 0.1) is 30.0 Å². The molecule has 1 amide bonds. The molecule has 1 heterocycles. The Kier molecular flexibility index (Phi) is 5.19. The quantitative estimate of drug-likeness (QED) is 0.697. The lowest BCUT2D eigenvalue weighted by Gasteiger charge is -2.05. The minimum absolute atomic E-state index is 0.305. The van der Waals surface area contributed by atoms with Crippen LogP contribution in [0.15, 0.2) is 47.5 Å². The van der Waals surface area contributed by atoms with Crippen molar-refractivity contribution in [2.75, 3.05) is 14.2 Å². The van der Waals surface area contributed by atoms with Crippen molar-refractivity contribution in [3.05, 3.63) is 52.8 Å². The molecule has 0 radical (unpaired) electrons. The molecule has 1 aromatic heterocycles. The highest BCUT2D eigenvalue weighted by Crippen LogP contribution is 2.24. The average Bonchev–Trinajstić information content (AvgIpc) is 2.98. The molecule has 3 rings (SSSR count). The van der Waals surface area contributed by atoms with Crippen LogP contribution in [0, 0.1) is 0 Å². The van der Waals surface area contributed by atoms with Crippen molar-refractivity contribution < 1.29 is 14.3 Å². The minimum atomic E-state index is -0.305. The Morgan fingerprint density at radius 2 is 1.96 bits per heavy atom. The third kappa shape index (κ3) is 3.44. The zero-order chi connectivity index (χ0) is 17.8. The van der Waals surface area contributed by atoms with Gasteiger partial charge in [-0.25, -0.2) is 0 Å². The summed E-state index contributed by atoms with van der Waals surface area (Å²) in [6.45, 7) is 2.88. The fourth-order valence-electron chi connectivity index (χ4n) is 2.67. The summed E-state index contributed by atoms with van der Waals surface area (Å²) in [5.74, 6) is 1.01. The standard InChI is InChI=1S/C19H20N2O3S/c1-4-11-21-15-12-13(23-2)9-10-17(15)25-19(21)20-18(22)14-7-5-6-8-16(14)24-3/h5-10,12H,4,11H2,1-3H3. The number of para-hydroxylation sites is 1. The third-order valence-electron chi connectivity index (χ3n) is 3.87. The largest absolute Gasteiger partial charge is 0.497 e. The zero-order valence-electron chi connectivity index (χ0n) is 14.5. The molecule has 0 fully saturated rings. The van der Waals surface area contributed by atoms with Gasteiger partial charge in [-0.3, -0.25) is 4.79 Å². The van der Waals surface area contributed by atoms with Gasteiger partial charge in [-0.05, 0) is 30.7 Å². The van der Waals surface area contributed by atoms with Gasteiger partial charge in [0.1, 0.15) is 11.5 Å². The summed E-state index contributed by atoms with van der Waals surface area (Å²) in [4.78, 5) is 17.7. The fourth-order valence-corrected chi connectivity index (χ4v) is 3.70. The first-order chi connectivity index (χ1) is 12.2. The van der Waals surface area contributed by atoms with E-state index >= 15 is 0 Å². The summed E-state index contributed by atoms with van der Waals surface area (Å²) in [7, 11) is 3.20. The van der Waals surface area contributed by atoms with Crippen LogP contribution in [0.5, 0.6) is 11.5 Å². The lowest BCUT2D eigenvalue weighted by molar-refractivity contribution is 0.0995. The van der Waals surface area contributed by atoms with Crippen LogP contribution >= 0.6 is 11.3 Å². The lowest BCUT2D eigenvalue weighted by Crippen LogP contribution is -2.17. The third-order valence-corrected chi connectivity index (χ3v) is 4.93. The van der Waals surface area contributed by atoms with Crippen LogP contribution in [0.2, 0.25) is 0 Å². The highest BCUT2D eigenvalue weighted by atomic mass is 32.1. The molecule has 0 aliphatic rings. The van der Waals surface area contributed by atoms with Crippen molar-refractivity contribution in [3.8, 4) is 11.5 Å². The monoisotopic (exact) mass is 356 g/mol. The number of thiazole rings is 1. The molecule has 0 saturated heterocycles. The Morgan fingerprint density at radius 1 is 1.16 bits per heavy atom. The van der Waals surface area contributed by atoms with Crippen LogP contribution in [-0.2, 0) is 6.54 Å². The first-order valence-corrected chi connectivity index (χ1v) is 8.89. The molecular weight excluding hydrogens is 336 g/mol. The van der Waals surface area contributed by atoms with Crippen molar-refractivity contribution in [1.29, 1.82) is 0 Å². The van der Waals surface area contributed by atoms with E-state index in [9.17, 15) is 4.79 Å². The van der Waals surface area contributed by atoms with E-state index in [1.54, 1.807) is 32.4 Å². The second-order valence-corrected chi connectivity index (χ2v) is 6.50. The van der Waals surface area contributed by atoms with Gasteiger partial charge in [0.15, 0.2) is 4.80 Å². The number of fused-ring (bicyclic) bond motifs is 1. The second kappa shape index (κ2) is 7.53. The predicted octanol–water partition coefficient (Wildman–Crippen LogP) is 3.87. The number of hydrogen-bond donors (Lipinski definition) is 0. The second-order valence-electron chi connectivity index (χ2n) is 5.49. The number of carbonyl (C=O) groups is 1. The molecule has 130 valence electrons. The van der Waals surface area contributed by atoms with Crippen molar-refractivity contribution in [2.45, 2.75) is 19.9 Å². The van der Waals surface area contributed by atoms with E-state index in [2.05, 4.69) is 16.5 Å². The van der Waals surface area contributed by atoms with E-state index in [0.29, 0.717) is 16.1 Å². The topological polar surface area (TPSA) is 52.8 Å². The fraction of sp³-hybridized carbons (Fsp3) is 0.263. The zero-order valence-corrected chi connectivity index (χ0v) is 15.3. The Morgan fingerprint density at radius 3 is 2.68 bits per heavy atom. The normalized spacial score (nSPS) is 11.7. The molecule has 6 heteroatoms. The molecule has 0 aliphatic heterocycles. The summed E-state index contributed by atoms with van der Waals surface area (Å²) < 4.78 is 13.7. The minimum Gasteiger partial charge on any atom is -0.497 e. The maximum Gasteiger partial charge on any atom is 0.283 e. The highest BCUT2D eigenvalue weighted by Gasteiger charge is 2.13. The molecule has 0 atom stereocenters. The molecule has 0 spiro atoms. The van der Waals surface area contributed by atoms with Crippen molar-refractivity contribution in [3.63, 3.8) is 0 Å². The Balaban J connectivity index is 2.15. The Labute approximate surface area is 150 Å². The molecule has 5 nitrogen and oxygen atoms in total. The number of nitrogens with zero attached hydrogens (tertiary/aromatic N) is 2. The first kappa shape index (κ1) is 17.2. The Hall–Kier alpha value is -2.60. The smallest absolute Gasteiger partial charge is 0.283 e. The van der Waals surface area contributed by atoms with Gasteiger partial charge in [0, 0.05) is 12.6 Å². The van der Waals surface area contributed by atoms with Gasteiger partial charge in [-0.2, -0.15) is 4.99 Å². The maximum absolute atomic E-state index is 12.7. The van der Waals surface area contributed by atoms with Gasteiger partial charge in [-0.1, -0.05) is 30.4 Å². The SMILES string of the molecule is CCCn1c(=NC(=O)c2ccccc2OC)sc2ccc(OC)cc21. The predicted molar refractivity (Wildman–Crippen MR) is 99.5 cm³/mol. The highest BCUT2D eigenvalue weighted by molar-refractivity contribution is 7.16. The number of aryl methyl sites for hydroxylation is 1. The van der Waals surface area contributed by atoms with Crippen LogP contribution in [0.3, 0.4) is 0 Å². The lowest BCUT2D eigenvalue weighted by atomic mass is 10.2. The van der Waals surface area contributed by atoms with Crippen LogP contribution < -0.4 is 14.3 Å². The molecule has 25 heavy (non-hydrogen) atoms. The number of ether oxygens (including phenoxy) is 2. The van der Waals surface area contributed by atoms with Crippen LogP contribution in [-0.4, -0.2) is 24.7 Å². The summed E-state index contributed by atoms with van der Waals surface area (Å²) in [6.07, 6.45) is 0.944. The molecule has 0 aliphatic carbocycles. The summed E-state index contributed by atoms with van der Waals surface area (Å²) in [5, 5.41) is 0. The molecule has 3 aromatic rings. The molecular formula is C19H20N2O3S. The van der Waals surface area contributed by atoms with Crippen molar-refractivity contribution in [2.24, 2.45) is 4.99 Å². The summed E-state index contributed by atoms with van der Waals surface area (Å²) >= 11 is 1.50.